The van der Waals surface area contributed by atoms with Crippen molar-refractivity contribution in [2.24, 2.45) is 0 Å². The largest absolute Gasteiger partial charge is 0.492 e. The lowest BCUT2D eigenvalue weighted by molar-refractivity contribution is -0.110. The van der Waals surface area contributed by atoms with Gasteiger partial charge in [0, 0.05) is 34.4 Å². The van der Waals surface area contributed by atoms with E-state index in [1.54, 1.807) is 0 Å². The molecule has 2 aliphatic heterocycles. The van der Waals surface area contributed by atoms with Crippen LogP contribution in [0.4, 0.5) is 5.69 Å². The van der Waals surface area contributed by atoms with Gasteiger partial charge >= 0.3 is 0 Å². The molecule has 5 heteroatoms. The number of aromatic nitrogens is 1. The van der Waals surface area contributed by atoms with Crippen molar-refractivity contribution in [3.05, 3.63) is 84.1 Å². The van der Waals surface area contributed by atoms with E-state index in [0.717, 1.165) is 51.3 Å². The van der Waals surface area contributed by atoms with Crippen LogP contribution in [0.1, 0.15) is 24.1 Å². The van der Waals surface area contributed by atoms with Gasteiger partial charge in [-0.25, -0.2) is 0 Å². The summed E-state index contributed by atoms with van der Waals surface area (Å²) in [5.41, 5.74) is 6.58. The normalized spacial score (nSPS) is 16.8. The number of H-pyrrole nitrogens is 1. The molecule has 170 valence electrons. The van der Waals surface area contributed by atoms with Crippen LogP contribution < -0.4 is 10.1 Å². The van der Waals surface area contributed by atoms with Crippen LogP contribution in [-0.4, -0.2) is 42.0 Å². The average Bonchev–Trinajstić information content (AvgIpc) is 3.59. The van der Waals surface area contributed by atoms with Crippen molar-refractivity contribution < 1.29 is 9.53 Å². The van der Waals surface area contributed by atoms with Crippen molar-refractivity contribution >= 4 is 34.1 Å². The van der Waals surface area contributed by atoms with Gasteiger partial charge in [-0.1, -0.05) is 42.5 Å². The topological polar surface area (TPSA) is 57.4 Å². The molecule has 1 fully saturated rings. The maximum atomic E-state index is 12.8. The van der Waals surface area contributed by atoms with E-state index in [0.29, 0.717) is 12.2 Å². The fraction of sp³-hybridized carbons (Fsp3) is 0.207. The second-order valence-electron chi connectivity index (χ2n) is 9.01. The highest BCUT2D eigenvalue weighted by atomic mass is 16.5. The quantitative estimate of drug-likeness (QED) is 0.366. The van der Waals surface area contributed by atoms with Crippen LogP contribution in [0.25, 0.3) is 33.7 Å². The SMILES string of the molecule is O=C1Nc2cc(-c3ccccc3)ccc2/C1=C\c1cc2cc(OCCN3CCCC3)ccc2[nH]1. The number of likely N-dealkylation sites (tertiary alicyclic amines) is 1. The van der Waals surface area contributed by atoms with E-state index >= 15 is 0 Å². The van der Waals surface area contributed by atoms with E-state index in [2.05, 4.69) is 45.5 Å². The number of ether oxygens (including phenoxy) is 1. The third-order valence-electron chi connectivity index (χ3n) is 6.70. The summed E-state index contributed by atoms with van der Waals surface area (Å²) >= 11 is 0. The monoisotopic (exact) mass is 449 g/mol. The average molecular weight is 450 g/mol. The summed E-state index contributed by atoms with van der Waals surface area (Å²) in [6.07, 6.45) is 4.52. The van der Waals surface area contributed by atoms with Gasteiger partial charge in [-0.15, -0.1) is 0 Å². The van der Waals surface area contributed by atoms with Crippen molar-refractivity contribution in [2.75, 3.05) is 31.6 Å². The predicted octanol–water partition coefficient (Wildman–Crippen LogP) is 5.80. The number of hydrogen-bond donors (Lipinski definition) is 2. The fourth-order valence-electron chi connectivity index (χ4n) is 4.90. The maximum Gasteiger partial charge on any atom is 0.256 e. The molecule has 0 saturated carbocycles. The standard InChI is InChI=1S/C29H27N3O2/c33-29-26(25-10-8-21(18-28(25)31-29)20-6-2-1-3-7-20)19-23-16-22-17-24(9-11-27(22)30-23)34-15-14-32-12-4-5-13-32/h1-3,6-11,16-19,30H,4-5,12-15H2,(H,31,33)/b26-19+. The lowest BCUT2D eigenvalue weighted by Gasteiger charge is -2.14. The van der Waals surface area contributed by atoms with Gasteiger partial charge < -0.3 is 15.0 Å². The molecule has 0 radical (unpaired) electrons. The van der Waals surface area contributed by atoms with Crippen LogP contribution in [0.3, 0.4) is 0 Å². The summed E-state index contributed by atoms with van der Waals surface area (Å²) in [5, 5.41) is 4.09. The molecule has 6 rings (SSSR count). The Balaban J connectivity index is 1.22. The van der Waals surface area contributed by atoms with E-state index in [1.807, 2.05) is 48.5 Å². The Labute approximate surface area is 199 Å². The molecule has 2 aliphatic rings. The Kier molecular flexibility index (Phi) is 5.40. The van der Waals surface area contributed by atoms with Gasteiger partial charge in [-0.3, -0.25) is 9.69 Å². The Hall–Kier alpha value is -3.83. The molecule has 3 aromatic carbocycles. The minimum atomic E-state index is -0.0789. The molecule has 0 atom stereocenters. The lowest BCUT2D eigenvalue weighted by atomic mass is 10.00. The Bertz CT molecular complexity index is 1380. The molecule has 34 heavy (non-hydrogen) atoms. The second-order valence-corrected chi connectivity index (χ2v) is 9.01. The van der Waals surface area contributed by atoms with Crippen LogP contribution in [0.2, 0.25) is 0 Å². The predicted molar refractivity (Wildman–Crippen MR) is 138 cm³/mol. The number of nitrogens with zero attached hydrogens (tertiary/aromatic N) is 1. The van der Waals surface area contributed by atoms with Crippen LogP contribution in [0.15, 0.2) is 72.8 Å². The van der Waals surface area contributed by atoms with Gasteiger partial charge in [0.2, 0.25) is 0 Å². The summed E-state index contributed by atoms with van der Waals surface area (Å²) in [7, 11) is 0. The Morgan fingerprint density at radius 2 is 1.76 bits per heavy atom. The summed E-state index contributed by atoms with van der Waals surface area (Å²) in [5.74, 6) is 0.798. The van der Waals surface area contributed by atoms with Gasteiger partial charge in [0.1, 0.15) is 12.4 Å². The highest BCUT2D eigenvalue weighted by Gasteiger charge is 2.24. The molecule has 1 amide bonds. The molecule has 0 spiro atoms. The Morgan fingerprint density at radius 3 is 2.62 bits per heavy atom. The van der Waals surface area contributed by atoms with Gasteiger partial charge in [-0.05, 0) is 73.5 Å². The first kappa shape index (κ1) is 20.8. The number of rotatable bonds is 6. The van der Waals surface area contributed by atoms with Crippen molar-refractivity contribution in [3.8, 4) is 16.9 Å². The zero-order valence-electron chi connectivity index (χ0n) is 19.0. The first-order valence-electron chi connectivity index (χ1n) is 11.9. The summed E-state index contributed by atoms with van der Waals surface area (Å²) in [6.45, 7) is 4.04. The van der Waals surface area contributed by atoms with E-state index in [-0.39, 0.29) is 5.91 Å². The molecule has 1 saturated heterocycles. The number of carbonyl (C=O) groups is 1. The number of nitrogens with one attached hydrogen (secondary N) is 2. The molecule has 5 nitrogen and oxygen atoms in total. The summed E-state index contributed by atoms with van der Waals surface area (Å²) < 4.78 is 5.99. The van der Waals surface area contributed by atoms with Gasteiger partial charge in [0.15, 0.2) is 0 Å². The highest BCUT2D eigenvalue weighted by molar-refractivity contribution is 6.35. The second kappa shape index (κ2) is 8.84. The van der Waals surface area contributed by atoms with Crippen molar-refractivity contribution in [3.63, 3.8) is 0 Å². The number of anilines is 1. The summed E-state index contributed by atoms with van der Waals surface area (Å²) in [4.78, 5) is 18.6. The van der Waals surface area contributed by atoms with Crippen LogP contribution >= 0.6 is 0 Å². The minimum absolute atomic E-state index is 0.0789. The van der Waals surface area contributed by atoms with E-state index in [4.69, 9.17) is 4.74 Å². The lowest BCUT2D eigenvalue weighted by Crippen LogP contribution is -2.25. The fourth-order valence-corrected chi connectivity index (χ4v) is 4.90. The van der Waals surface area contributed by atoms with E-state index < -0.39 is 0 Å². The minimum Gasteiger partial charge on any atom is -0.492 e. The van der Waals surface area contributed by atoms with Crippen molar-refractivity contribution in [1.82, 2.24) is 9.88 Å². The number of carbonyl (C=O) groups excluding carboxylic acids is 1. The van der Waals surface area contributed by atoms with Crippen molar-refractivity contribution in [2.45, 2.75) is 12.8 Å². The maximum absolute atomic E-state index is 12.8. The van der Waals surface area contributed by atoms with Crippen molar-refractivity contribution in [1.29, 1.82) is 0 Å². The van der Waals surface area contributed by atoms with Gasteiger partial charge in [-0.2, -0.15) is 0 Å². The highest BCUT2D eigenvalue weighted by Crippen LogP contribution is 2.36. The molecule has 0 bridgehead atoms. The number of aromatic amines is 1. The third kappa shape index (κ3) is 4.11. The first-order chi connectivity index (χ1) is 16.7. The third-order valence-corrected chi connectivity index (χ3v) is 6.70. The van der Waals surface area contributed by atoms with Gasteiger partial charge in [0.25, 0.3) is 5.91 Å². The van der Waals surface area contributed by atoms with Crippen LogP contribution in [0, 0.1) is 0 Å². The van der Waals surface area contributed by atoms with E-state index in [9.17, 15) is 4.79 Å². The zero-order chi connectivity index (χ0) is 22.9. The molecule has 3 heterocycles. The molecular weight excluding hydrogens is 422 g/mol. The molecular formula is C29H27N3O2. The number of benzene rings is 3. The Morgan fingerprint density at radius 1 is 0.912 bits per heavy atom. The molecule has 1 aromatic heterocycles. The number of fused-ring (bicyclic) bond motifs is 2. The molecule has 0 unspecified atom stereocenters. The summed E-state index contributed by atoms with van der Waals surface area (Å²) in [6, 6.07) is 24.5. The number of hydrogen-bond acceptors (Lipinski definition) is 3. The molecule has 0 aliphatic carbocycles. The molecule has 2 N–H and O–H groups in total. The number of amides is 1. The zero-order valence-corrected chi connectivity index (χ0v) is 19.0. The molecule has 4 aromatic rings. The van der Waals surface area contributed by atoms with Gasteiger partial charge in [0.05, 0.1) is 5.57 Å². The smallest absolute Gasteiger partial charge is 0.256 e. The van der Waals surface area contributed by atoms with Crippen LogP contribution in [-0.2, 0) is 4.79 Å². The van der Waals surface area contributed by atoms with E-state index in [1.165, 1.54) is 25.9 Å². The first-order valence-corrected chi connectivity index (χ1v) is 11.9. The van der Waals surface area contributed by atoms with Crippen LogP contribution in [0.5, 0.6) is 5.75 Å².